The molecule has 0 bridgehead atoms. The van der Waals surface area contributed by atoms with Crippen LogP contribution in [0.3, 0.4) is 0 Å². The van der Waals surface area contributed by atoms with Crippen LogP contribution in [0.25, 0.3) is 0 Å². The lowest BCUT2D eigenvalue weighted by Gasteiger charge is -2.31. The molecule has 4 nitrogen and oxygen atoms in total. The molecule has 0 radical (unpaired) electrons. The zero-order chi connectivity index (χ0) is 16.5. The summed E-state index contributed by atoms with van der Waals surface area (Å²) in [5.74, 6) is -0.385. The molecule has 4 atom stereocenters. The average molecular weight is 303 g/mol. The van der Waals surface area contributed by atoms with Crippen molar-refractivity contribution in [2.45, 2.75) is 27.7 Å². The molecular formula is C16H24N4P+. The lowest BCUT2D eigenvalue weighted by molar-refractivity contribution is 0.759. The van der Waals surface area contributed by atoms with Gasteiger partial charge in [0.05, 0.1) is 72.6 Å². The van der Waals surface area contributed by atoms with Crippen molar-refractivity contribution in [2.75, 3.05) is 24.6 Å². The SMILES string of the molecule is CC(C#N)C[P+](CC(C)C#N)(CC(C)C#N)CC(C)C#N. The summed E-state index contributed by atoms with van der Waals surface area (Å²) in [6.07, 6.45) is 2.97. The normalized spacial score (nSPS) is 18.7. The number of hydrogen-bond acceptors (Lipinski definition) is 4. The second kappa shape index (κ2) is 9.35. The predicted molar refractivity (Wildman–Crippen MR) is 85.5 cm³/mol. The molecule has 0 aromatic carbocycles. The van der Waals surface area contributed by atoms with Gasteiger partial charge in [-0.3, -0.25) is 0 Å². The Morgan fingerprint density at radius 3 is 0.905 bits per heavy atom. The minimum atomic E-state index is -1.68. The van der Waals surface area contributed by atoms with E-state index < -0.39 is 7.26 Å². The molecule has 0 N–H and O–H groups in total. The van der Waals surface area contributed by atoms with Gasteiger partial charge in [-0.25, -0.2) is 0 Å². The van der Waals surface area contributed by atoms with Crippen molar-refractivity contribution in [2.24, 2.45) is 23.7 Å². The van der Waals surface area contributed by atoms with E-state index in [1.807, 2.05) is 27.7 Å². The zero-order valence-electron chi connectivity index (χ0n) is 13.4. The fraction of sp³-hybridized carbons (Fsp3) is 0.750. The van der Waals surface area contributed by atoms with Crippen molar-refractivity contribution in [3.8, 4) is 24.3 Å². The predicted octanol–water partition coefficient (Wildman–Crippen LogP) is 3.64. The fourth-order valence-electron chi connectivity index (χ4n) is 2.93. The van der Waals surface area contributed by atoms with Gasteiger partial charge in [0, 0.05) is 7.26 Å². The van der Waals surface area contributed by atoms with E-state index in [2.05, 4.69) is 24.3 Å². The molecule has 0 aliphatic carbocycles. The van der Waals surface area contributed by atoms with Crippen LogP contribution < -0.4 is 0 Å². The van der Waals surface area contributed by atoms with Crippen LogP contribution in [-0.4, -0.2) is 24.6 Å². The zero-order valence-corrected chi connectivity index (χ0v) is 14.3. The van der Waals surface area contributed by atoms with Gasteiger partial charge in [-0.1, -0.05) is 0 Å². The molecule has 21 heavy (non-hydrogen) atoms. The van der Waals surface area contributed by atoms with Crippen molar-refractivity contribution in [1.29, 1.82) is 21.0 Å². The Labute approximate surface area is 129 Å². The third kappa shape index (κ3) is 7.09. The maximum Gasteiger partial charge on any atom is 0.0770 e. The molecule has 0 heterocycles. The number of rotatable bonds is 8. The first-order chi connectivity index (χ1) is 9.82. The van der Waals surface area contributed by atoms with Crippen LogP contribution in [0.4, 0.5) is 0 Å². The standard InChI is InChI=1S/C16H24N4P/c1-13(5-17)9-21(10-14(2)6-18,11-15(3)7-19)12-16(4)8-20/h13-16H,9-12H2,1-4H3/q+1. The maximum absolute atomic E-state index is 9.14. The van der Waals surface area contributed by atoms with Crippen LogP contribution in [0.15, 0.2) is 0 Å². The third-order valence-electron chi connectivity index (χ3n) is 3.53. The smallest absolute Gasteiger partial charge is 0.0770 e. The summed E-state index contributed by atoms with van der Waals surface area (Å²) in [5, 5.41) is 36.6. The van der Waals surface area contributed by atoms with E-state index in [1.54, 1.807) is 0 Å². The Hall–Kier alpha value is -1.61. The van der Waals surface area contributed by atoms with Gasteiger partial charge in [0.15, 0.2) is 0 Å². The highest BCUT2D eigenvalue weighted by Gasteiger charge is 2.43. The first kappa shape index (κ1) is 19.4. The largest absolute Gasteiger partial charge is 0.198 e. The molecule has 4 unspecified atom stereocenters. The van der Waals surface area contributed by atoms with Crippen LogP contribution in [0.5, 0.6) is 0 Å². The molecule has 0 fully saturated rings. The van der Waals surface area contributed by atoms with Crippen molar-refractivity contribution >= 4 is 7.26 Å². The molecule has 0 saturated heterocycles. The summed E-state index contributed by atoms with van der Waals surface area (Å²) in [7, 11) is -1.68. The van der Waals surface area contributed by atoms with E-state index in [0.717, 1.165) is 24.6 Å². The highest BCUT2D eigenvalue weighted by Crippen LogP contribution is 2.63. The Kier molecular flexibility index (Phi) is 8.63. The fourth-order valence-corrected chi connectivity index (χ4v) is 8.80. The van der Waals surface area contributed by atoms with Crippen LogP contribution in [0.1, 0.15) is 27.7 Å². The molecule has 0 aliphatic rings. The van der Waals surface area contributed by atoms with E-state index in [0.29, 0.717) is 0 Å². The van der Waals surface area contributed by atoms with Crippen LogP contribution in [0.2, 0.25) is 0 Å². The molecule has 0 amide bonds. The number of hydrogen-bond donors (Lipinski definition) is 0. The second-order valence-corrected chi connectivity index (χ2v) is 10.3. The highest BCUT2D eigenvalue weighted by atomic mass is 31.2. The van der Waals surface area contributed by atoms with Crippen molar-refractivity contribution in [3.05, 3.63) is 0 Å². The summed E-state index contributed by atoms with van der Waals surface area (Å²) in [6.45, 7) is 7.56. The highest BCUT2D eigenvalue weighted by molar-refractivity contribution is 7.76. The summed E-state index contributed by atoms with van der Waals surface area (Å²) in [6, 6.07) is 9.09. The first-order valence-corrected chi connectivity index (χ1v) is 9.79. The van der Waals surface area contributed by atoms with Gasteiger partial charge in [0.2, 0.25) is 0 Å². The molecule has 0 aliphatic heterocycles. The monoisotopic (exact) mass is 303 g/mol. The minimum Gasteiger partial charge on any atom is -0.198 e. The molecule has 0 aromatic heterocycles. The maximum atomic E-state index is 9.14. The van der Waals surface area contributed by atoms with Crippen molar-refractivity contribution in [1.82, 2.24) is 0 Å². The van der Waals surface area contributed by atoms with Gasteiger partial charge in [-0.05, 0) is 27.7 Å². The van der Waals surface area contributed by atoms with E-state index in [4.69, 9.17) is 21.0 Å². The second-order valence-electron chi connectivity index (χ2n) is 6.19. The Balaban J connectivity index is 5.48. The van der Waals surface area contributed by atoms with Crippen molar-refractivity contribution < 1.29 is 0 Å². The molecule has 0 rings (SSSR count). The van der Waals surface area contributed by atoms with Gasteiger partial charge in [0.25, 0.3) is 0 Å². The van der Waals surface area contributed by atoms with Crippen molar-refractivity contribution in [3.63, 3.8) is 0 Å². The average Bonchev–Trinajstić information content (AvgIpc) is 2.46. The first-order valence-electron chi connectivity index (χ1n) is 7.26. The number of nitrogens with zero attached hydrogens (tertiary/aromatic N) is 4. The van der Waals surface area contributed by atoms with Crippen LogP contribution in [0, 0.1) is 69.0 Å². The molecular weight excluding hydrogens is 279 g/mol. The molecule has 0 spiro atoms. The summed E-state index contributed by atoms with van der Waals surface area (Å²) in [5.41, 5.74) is 0. The van der Waals surface area contributed by atoms with Gasteiger partial charge in [-0.2, -0.15) is 21.0 Å². The molecule has 0 aromatic rings. The summed E-state index contributed by atoms with van der Waals surface area (Å²) >= 11 is 0. The van der Waals surface area contributed by atoms with Crippen LogP contribution >= 0.6 is 7.26 Å². The van der Waals surface area contributed by atoms with Gasteiger partial charge in [-0.15, -0.1) is 0 Å². The van der Waals surface area contributed by atoms with Gasteiger partial charge < -0.3 is 0 Å². The Morgan fingerprint density at radius 2 is 0.762 bits per heavy atom. The minimum absolute atomic E-state index is 0.0963. The van der Waals surface area contributed by atoms with E-state index in [1.165, 1.54) is 0 Å². The lowest BCUT2D eigenvalue weighted by Crippen LogP contribution is -2.24. The quantitative estimate of drug-likeness (QED) is 0.639. The Bertz CT molecular complexity index is 395. The third-order valence-corrected chi connectivity index (χ3v) is 8.82. The van der Waals surface area contributed by atoms with E-state index in [-0.39, 0.29) is 23.7 Å². The summed E-state index contributed by atoms with van der Waals surface area (Å²) in [4.78, 5) is 0. The molecule has 0 saturated carbocycles. The number of nitriles is 4. The van der Waals surface area contributed by atoms with Gasteiger partial charge in [0.1, 0.15) is 0 Å². The van der Waals surface area contributed by atoms with E-state index in [9.17, 15) is 0 Å². The summed E-state index contributed by atoms with van der Waals surface area (Å²) < 4.78 is 0. The van der Waals surface area contributed by atoms with Gasteiger partial charge >= 0.3 is 0 Å². The lowest BCUT2D eigenvalue weighted by atomic mass is 10.2. The van der Waals surface area contributed by atoms with E-state index >= 15 is 0 Å². The molecule has 112 valence electrons. The Morgan fingerprint density at radius 1 is 0.571 bits per heavy atom. The topological polar surface area (TPSA) is 95.2 Å². The van der Waals surface area contributed by atoms with Crippen LogP contribution in [-0.2, 0) is 0 Å². The molecule has 5 heteroatoms.